The van der Waals surface area contributed by atoms with Gasteiger partial charge in [0.1, 0.15) is 5.82 Å². The van der Waals surface area contributed by atoms with E-state index in [0.717, 1.165) is 0 Å². The molecule has 0 fully saturated rings. The van der Waals surface area contributed by atoms with E-state index in [-0.39, 0.29) is 0 Å². The van der Waals surface area contributed by atoms with E-state index in [9.17, 15) is 9.50 Å². The Morgan fingerprint density at radius 2 is 2.31 bits per heavy atom. The Morgan fingerprint density at radius 1 is 1.50 bits per heavy atom. The monoisotopic (exact) mass is 238 g/mol. The van der Waals surface area contributed by atoms with Crippen molar-refractivity contribution in [3.63, 3.8) is 0 Å². The largest absolute Gasteiger partial charge is 0.389 e. The van der Waals surface area contributed by atoms with Gasteiger partial charge in [-0.15, -0.1) is 0 Å². The van der Waals surface area contributed by atoms with Crippen LogP contribution in [0.2, 0.25) is 0 Å². The van der Waals surface area contributed by atoms with Gasteiger partial charge >= 0.3 is 0 Å². The van der Waals surface area contributed by atoms with Crippen molar-refractivity contribution in [1.82, 2.24) is 9.97 Å². The lowest BCUT2D eigenvalue weighted by molar-refractivity contribution is 0.191. The average molecular weight is 238 g/mol. The van der Waals surface area contributed by atoms with Crippen LogP contribution in [0, 0.1) is 5.82 Å². The number of aliphatic hydroxyl groups excluding tert-OH is 1. The summed E-state index contributed by atoms with van der Waals surface area (Å²) in [7, 11) is 0. The number of aliphatic hydroxyl groups is 1. The summed E-state index contributed by atoms with van der Waals surface area (Å²) in [6, 6.07) is 4.72. The Labute approximate surface area is 96.7 Å². The molecule has 0 saturated carbocycles. The van der Waals surface area contributed by atoms with Gasteiger partial charge in [-0.05, 0) is 19.1 Å². The first-order valence-electron chi connectivity index (χ1n) is 4.82. The first-order valence-corrected chi connectivity index (χ1v) is 5.64. The number of benzene rings is 1. The lowest BCUT2D eigenvalue weighted by Gasteiger charge is -2.11. The first-order chi connectivity index (χ1) is 7.68. The van der Waals surface area contributed by atoms with Crippen LogP contribution in [0.15, 0.2) is 40.6 Å². The highest BCUT2D eigenvalue weighted by Crippen LogP contribution is 2.32. The molecule has 0 aliphatic carbocycles. The third kappa shape index (κ3) is 2.25. The Bertz CT molecular complexity index is 471. The molecule has 0 saturated heterocycles. The number of H-pyrrole nitrogens is 1. The number of nitrogens with zero attached hydrogens (tertiary/aromatic N) is 1. The standard InChI is InChI=1S/C11H11FN2OS/c1-7(15)10-8(12)3-2-4-9(10)16-11-13-5-6-14-11/h2-7,15H,1H3,(H,13,14)/t7-/m1/s1. The average Bonchev–Trinajstić information content (AvgIpc) is 2.70. The summed E-state index contributed by atoms with van der Waals surface area (Å²) >= 11 is 1.30. The molecule has 84 valence electrons. The van der Waals surface area contributed by atoms with Gasteiger partial charge in [0, 0.05) is 22.9 Å². The molecule has 2 aromatic rings. The van der Waals surface area contributed by atoms with Crippen LogP contribution in [-0.2, 0) is 0 Å². The molecule has 1 atom stereocenters. The number of imidazole rings is 1. The van der Waals surface area contributed by atoms with Gasteiger partial charge in [0.15, 0.2) is 5.16 Å². The third-order valence-corrected chi connectivity index (χ3v) is 3.10. The van der Waals surface area contributed by atoms with E-state index in [2.05, 4.69) is 9.97 Å². The van der Waals surface area contributed by atoms with Crippen LogP contribution in [0.3, 0.4) is 0 Å². The number of halogens is 1. The summed E-state index contributed by atoms with van der Waals surface area (Å²) in [4.78, 5) is 7.64. The second-order valence-electron chi connectivity index (χ2n) is 3.32. The van der Waals surface area contributed by atoms with Gasteiger partial charge in [0.2, 0.25) is 0 Å². The fourth-order valence-electron chi connectivity index (χ4n) is 1.42. The number of hydrogen-bond acceptors (Lipinski definition) is 3. The lowest BCUT2D eigenvalue weighted by atomic mass is 10.1. The maximum atomic E-state index is 13.5. The maximum absolute atomic E-state index is 13.5. The van der Waals surface area contributed by atoms with Crippen molar-refractivity contribution in [2.45, 2.75) is 23.1 Å². The second-order valence-corrected chi connectivity index (χ2v) is 4.35. The predicted octanol–water partition coefficient (Wildman–Crippen LogP) is 2.75. The van der Waals surface area contributed by atoms with Gasteiger partial charge in [-0.3, -0.25) is 0 Å². The zero-order chi connectivity index (χ0) is 11.5. The van der Waals surface area contributed by atoms with Gasteiger partial charge in [-0.2, -0.15) is 0 Å². The number of aromatic amines is 1. The molecular weight excluding hydrogens is 227 g/mol. The molecule has 0 aliphatic rings. The van der Waals surface area contributed by atoms with E-state index in [4.69, 9.17) is 0 Å². The van der Waals surface area contributed by atoms with E-state index < -0.39 is 11.9 Å². The summed E-state index contributed by atoms with van der Waals surface area (Å²) in [5.74, 6) is -0.397. The van der Waals surface area contributed by atoms with Crippen LogP contribution in [-0.4, -0.2) is 15.1 Å². The summed E-state index contributed by atoms with van der Waals surface area (Å²) in [6.45, 7) is 1.55. The highest BCUT2D eigenvalue weighted by Gasteiger charge is 2.14. The molecule has 0 aliphatic heterocycles. The SMILES string of the molecule is C[C@@H](O)c1c(F)cccc1Sc1ncc[nH]1. The molecule has 0 amide bonds. The molecule has 0 bridgehead atoms. The minimum absolute atomic E-state index is 0.309. The minimum atomic E-state index is -0.835. The van der Waals surface area contributed by atoms with Crippen molar-refractivity contribution < 1.29 is 9.50 Å². The Kier molecular flexibility index (Phi) is 3.26. The third-order valence-electron chi connectivity index (χ3n) is 2.11. The summed E-state index contributed by atoms with van der Waals surface area (Å²) in [5, 5.41) is 10.2. The predicted molar refractivity (Wildman–Crippen MR) is 59.7 cm³/mol. The smallest absolute Gasteiger partial charge is 0.170 e. The maximum Gasteiger partial charge on any atom is 0.170 e. The molecule has 0 radical (unpaired) electrons. The molecule has 2 N–H and O–H groups in total. The molecule has 16 heavy (non-hydrogen) atoms. The highest BCUT2D eigenvalue weighted by atomic mass is 32.2. The molecule has 0 spiro atoms. The summed E-state index contributed by atoms with van der Waals surface area (Å²) < 4.78 is 13.5. The van der Waals surface area contributed by atoms with Gasteiger partial charge in [0.05, 0.1) is 6.10 Å². The van der Waals surface area contributed by atoms with Crippen molar-refractivity contribution in [2.75, 3.05) is 0 Å². The van der Waals surface area contributed by atoms with E-state index in [1.54, 1.807) is 31.5 Å². The lowest BCUT2D eigenvalue weighted by Crippen LogP contribution is -1.98. The van der Waals surface area contributed by atoms with Crippen LogP contribution >= 0.6 is 11.8 Å². The van der Waals surface area contributed by atoms with Crippen molar-refractivity contribution in [3.05, 3.63) is 42.0 Å². The topological polar surface area (TPSA) is 48.9 Å². The Morgan fingerprint density at radius 3 is 2.94 bits per heavy atom. The minimum Gasteiger partial charge on any atom is -0.389 e. The van der Waals surface area contributed by atoms with Crippen molar-refractivity contribution in [1.29, 1.82) is 0 Å². The van der Waals surface area contributed by atoms with Gasteiger partial charge in [-0.1, -0.05) is 17.8 Å². The van der Waals surface area contributed by atoms with Gasteiger partial charge in [0.25, 0.3) is 0 Å². The molecule has 1 aromatic heterocycles. The number of aromatic nitrogens is 2. The summed E-state index contributed by atoms with van der Waals surface area (Å²) in [6.07, 6.45) is 2.49. The van der Waals surface area contributed by atoms with E-state index >= 15 is 0 Å². The molecule has 1 aromatic carbocycles. The molecule has 2 rings (SSSR count). The van der Waals surface area contributed by atoms with Crippen molar-refractivity contribution in [3.8, 4) is 0 Å². The summed E-state index contributed by atoms with van der Waals surface area (Å²) in [5.41, 5.74) is 0.309. The van der Waals surface area contributed by atoms with E-state index in [1.165, 1.54) is 17.8 Å². The normalized spacial score (nSPS) is 12.7. The molecular formula is C11H11FN2OS. The van der Waals surface area contributed by atoms with Crippen LogP contribution < -0.4 is 0 Å². The van der Waals surface area contributed by atoms with Crippen molar-refractivity contribution in [2.24, 2.45) is 0 Å². The molecule has 5 heteroatoms. The van der Waals surface area contributed by atoms with Crippen LogP contribution in [0.1, 0.15) is 18.6 Å². The second kappa shape index (κ2) is 4.67. The fourth-order valence-corrected chi connectivity index (χ4v) is 2.40. The van der Waals surface area contributed by atoms with Crippen LogP contribution in [0.4, 0.5) is 4.39 Å². The quantitative estimate of drug-likeness (QED) is 0.864. The number of hydrogen-bond donors (Lipinski definition) is 2. The molecule has 3 nitrogen and oxygen atoms in total. The number of rotatable bonds is 3. The van der Waals surface area contributed by atoms with E-state index in [1.807, 2.05) is 0 Å². The Balaban J connectivity index is 2.37. The zero-order valence-electron chi connectivity index (χ0n) is 8.64. The molecule has 0 unspecified atom stereocenters. The molecule has 1 heterocycles. The number of nitrogens with one attached hydrogen (secondary N) is 1. The zero-order valence-corrected chi connectivity index (χ0v) is 9.46. The van der Waals surface area contributed by atoms with Gasteiger partial charge in [-0.25, -0.2) is 9.37 Å². The van der Waals surface area contributed by atoms with Crippen LogP contribution in [0.25, 0.3) is 0 Å². The van der Waals surface area contributed by atoms with E-state index in [0.29, 0.717) is 15.6 Å². The van der Waals surface area contributed by atoms with Gasteiger partial charge < -0.3 is 10.1 Å². The fraction of sp³-hybridized carbons (Fsp3) is 0.182. The van der Waals surface area contributed by atoms with Crippen molar-refractivity contribution >= 4 is 11.8 Å². The van der Waals surface area contributed by atoms with Crippen LogP contribution in [0.5, 0.6) is 0 Å². The highest BCUT2D eigenvalue weighted by molar-refractivity contribution is 7.99. The first kappa shape index (κ1) is 11.2. The Hall–Kier alpha value is -1.33.